The highest BCUT2D eigenvalue weighted by Crippen LogP contribution is 2.35. The first-order valence-electron chi connectivity index (χ1n) is 7.15. The first-order valence-corrected chi connectivity index (χ1v) is 7.15. The molecule has 0 saturated carbocycles. The number of nitrogens with two attached hydrogens (primary N) is 2. The molecule has 0 aliphatic carbocycles. The van der Waals surface area contributed by atoms with E-state index in [0.717, 1.165) is 25.2 Å². The summed E-state index contributed by atoms with van der Waals surface area (Å²) in [6.45, 7) is 1.74. The van der Waals surface area contributed by atoms with Crippen molar-refractivity contribution >= 4 is 17.3 Å². The van der Waals surface area contributed by atoms with Crippen LogP contribution in [0.25, 0.3) is 0 Å². The van der Waals surface area contributed by atoms with Crippen LogP contribution in [-0.2, 0) is 0 Å². The van der Waals surface area contributed by atoms with Gasteiger partial charge in [-0.1, -0.05) is 36.4 Å². The van der Waals surface area contributed by atoms with E-state index in [2.05, 4.69) is 29.2 Å². The Morgan fingerprint density at radius 2 is 1.86 bits per heavy atom. The van der Waals surface area contributed by atoms with Gasteiger partial charge in [-0.3, -0.25) is 4.79 Å². The van der Waals surface area contributed by atoms with Gasteiger partial charge in [-0.15, -0.1) is 0 Å². The minimum Gasteiger partial charge on any atom is -0.397 e. The molecule has 4 heteroatoms. The Bertz CT molecular complexity index is 654. The van der Waals surface area contributed by atoms with Crippen LogP contribution in [0.15, 0.2) is 48.5 Å². The maximum atomic E-state index is 11.6. The lowest BCUT2D eigenvalue weighted by Gasteiger charge is -2.23. The van der Waals surface area contributed by atoms with E-state index in [4.69, 9.17) is 11.5 Å². The molecule has 0 spiro atoms. The van der Waals surface area contributed by atoms with Gasteiger partial charge in [-0.05, 0) is 24.1 Å². The Morgan fingerprint density at radius 1 is 1.10 bits per heavy atom. The quantitative estimate of drug-likeness (QED) is 0.848. The maximum Gasteiger partial charge on any atom is 0.250 e. The van der Waals surface area contributed by atoms with Gasteiger partial charge >= 0.3 is 0 Å². The van der Waals surface area contributed by atoms with Gasteiger partial charge in [0, 0.05) is 19.0 Å². The first-order chi connectivity index (χ1) is 10.2. The molecule has 1 aliphatic heterocycles. The van der Waals surface area contributed by atoms with Gasteiger partial charge in [0.1, 0.15) is 0 Å². The Labute approximate surface area is 124 Å². The van der Waals surface area contributed by atoms with Crippen LogP contribution in [0, 0.1) is 0 Å². The van der Waals surface area contributed by atoms with Crippen LogP contribution in [0.1, 0.15) is 28.3 Å². The minimum absolute atomic E-state index is 0.430. The third-order valence-corrected chi connectivity index (χ3v) is 4.11. The molecule has 4 nitrogen and oxygen atoms in total. The van der Waals surface area contributed by atoms with Crippen LogP contribution in [-0.4, -0.2) is 19.0 Å². The second-order valence-electron chi connectivity index (χ2n) is 5.45. The normalized spacial score (nSPS) is 17.9. The molecule has 1 heterocycles. The largest absolute Gasteiger partial charge is 0.397 e. The van der Waals surface area contributed by atoms with Crippen LogP contribution in [0.2, 0.25) is 0 Å². The van der Waals surface area contributed by atoms with Crippen LogP contribution >= 0.6 is 0 Å². The number of benzene rings is 2. The summed E-state index contributed by atoms with van der Waals surface area (Å²) in [6.07, 6.45) is 1.05. The number of carbonyl (C=O) groups is 1. The van der Waals surface area contributed by atoms with Crippen molar-refractivity contribution in [2.24, 2.45) is 5.73 Å². The topological polar surface area (TPSA) is 72.3 Å². The Balaban J connectivity index is 1.89. The molecule has 0 aromatic heterocycles. The van der Waals surface area contributed by atoms with Crippen LogP contribution in [0.5, 0.6) is 0 Å². The summed E-state index contributed by atoms with van der Waals surface area (Å²) in [4.78, 5) is 13.8. The van der Waals surface area contributed by atoms with Crippen molar-refractivity contribution in [1.29, 1.82) is 0 Å². The number of amides is 1. The number of para-hydroxylation sites is 1. The van der Waals surface area contributed by atoms with E-state index in [0.29, 0.717) is 17.2 Å². The minimum atomic E-state index is -0.430. The molecule has 1 amide bonds. The molecule has 1 atom stereocenters. The third kappa shape index (κ3) is 2.57. The van der Waals surface area contributed by atoms with Crippen molar-refractivity contribution in [2.75, 3.05) is 23.7 Å². The Hall–Kier alpha value is -2.49. The number of carbonyl (C=O) groups excluding carboxylic acids is 1. The number of hydrogen-bond donors (Lipinski definition) is 2. The van der Waals surface area contributed by atoms with E-state index in [-0.39, 0.29) is 0 Å². The average molecular weight is 281 g/mol. The van der Waals surface area contributed by atoms with Gasteiger partial charge in [-0.2, -0.15) is 0 Å². The van der Waals surface area contributed by atoms with Crippen LogP contribution < -0.4 is 16.4 Å². The van der Waals surface area contributed by atoms with Crippen molar-refractivity contribution in [3.63, 3.8) is 0 Å². The summed E-state index contributed by atoms with van der Waals surface area (Å²) in [5.74, 6) is 0.0343. The molecule has 4 N–H and O–H groups in total. The molecule has 2 aromatic rings. The second-order valence-corrected chi connectivity index (χ2v) is 5.45. The maximum absolute atomic E-state index is 11.6. The number of hydrogen-bond acceptors (Lipinski definition) is 3. The number of rotatable bonds is 3. The number of nitrogen functional groups attached to an aromatic ring is 1. The van der Waals surface area contributed by atoms with E-state index in [1.807, 2.05) is 12.1 Å². The zero-order valence-corrected chi connectivity index (χ0v) is 11.8. The van der Waals surface area contributed by atoms with Crippen molar-refractivity contribution in [2.45, 2.75) is 12.3 Å². The van der Waals surface area contributed by atoms with E-state index in [1.54, 1.807) is 12.1 Å². The molecule has 108 valence electrons. The number of primary amides is 1. The summed E-state index contributed by atoms with van der Waals surface area (Å²) in [7, 11) is 0. The van der Waals surface area contributed by atoms with Gasteiger partial charge in [0.05, 0.1) is 16.9 Å². The fourth-order valence-corrected chi connectivity index (χ4v) is 3.07. The molecule has 21 heavy (non-hydrogen) atoms. The molecule has 1 fully saturated rings. The van der Waals surface area contributed by atoms with Gasteiger partial charge in [0.15, 0.2) is 0 Å². The van der Waals surface area contributed by atoms with Crippen molar-refractivity contribution in [3.05, 3.63) is 59.7 Å². The van der Waals surface area contributed by atoms with Gasteiger partial charge < -0.3 is 16.4 Å². The zero-order valence-electron chi connectivity index (χ0n) is 11.8. The molecule has 1 unspecified atom stereocenters. The smallest absolute Gasteiger partial charge is 0.250 e. The highest BCUT2D eigenvalue weighted by molar-refractivity contribution is 6.01. The van der Waals surface area contributed by atoms with E-state index < -0.39 is 5.91 Å². The summed E-state index contributed by atoms with van der Waals surface area (Å²) in [5.41, 5.74) is 14.8. The zero-order chi connectivity index (χ0) is 14.8. The Kier molecular flexibility index (Phi) is 3.52. The molecule has 2 aromatic carbocycles. The van der Waals surface area contributed by atoms with Crippen molar-refractivity contribution in [1.82, 2.24) is 0 Å². The Morgan fingerprint density at radius 3 is 2.57 bits per heavy atom. The predicted octanol–water partition coefficient (Wildman–Crippen LogP) is 2.36. The molecule has 1 aliphatic rings. The predicted molar refractivity (Wildman–Crippen MR) is 85.4 cm³/mol. The van der Waals surface area contributed by atoms with Crippen LogP contribution in [0.3, 0.4) is 0 Å². The van der Waals surface area contributed by atoms with Crippen molar-refractivity contribution < 1.29 is 4.79 Å². The summed E-state index contributed by atoms with van der Waals surface area (Å²) in [5, 5.41) is 0. The lowest BCUT2D eigenvalue weighted by atomic mass is 9.99. The van der Waals surface area contributed by atoms with Crippen molar-refractivity contribution in [3.8, 4) is 0 Å². The van der Waals surface area contributed by atoms with E-state index in [1.165, 1.54) is 5.56 Å². The lowest BCUT2D eigenvalue weighted by Crippen LogP contribution is -2.25. The lowest BCUT2D eigenvalue weighted by molar-refractivity contribution is 0.100. The standard InChI is InChI=1S/C17H19N3O/c18-15-8-4-7-14(17(19)21)16(15)20-10-9-13(11-20)12-5-2-1-3-6-12/h1-8,13H,9-11,18H2,(H2,19,21). The highest BCUT2D eigenvalue weighted by Gasteiger charge is 2.27. The van der Waals surface area contributed by atoms with Gasteiger partial charge in [0.25, 0.3) is 5.91 Å². The second kappa shape index (κ2) is 5.48. The van der Waals surface area contributed by atoms with Crippen LogP contribution in [0.4, 0.5) is 11.4 Å². The summed E-state index contributed by atoms with van der Waals surface area (Å²) < 4.78 is 0. The fraction of sp³-hybridized carbons (Fsp3) is 0.235. The van der Waals surface area contributed by atoms with Gasteiger partial charge in [0.2, 0.25) is 0 Å². The highest BCUT2D eigenvalue weighted by atomic mass is 16.1. The SMILES string of the molecule is NC(=O)c1cccc(N)c1N1CCC(c2ccccc2)C1. The monoisotopic (exact) mass is 281 g/mol. The summed E-state index contributed by atoms with van der Waals surface area (Å²) in [6, 6.07) is 15.8. The molecule has 0 radical (unpaired) electrons. The van der Waals surface area contributed by atoms with Gasteiger partial charge in [-0.25, -0.2) is 0 Å². The molecule has 0 bridgehead atoms. The average Bonchev–Trinajstić information content (AvgIpc) is 2.97. The number of anilines is 2. The third-order valence-electron chi connectivity index (χ3n) is 4.11. The molecular formula is C17H19N3O. The molecule has 1 saturated heterocycles. The molecular weight excluding hydrogens is 262 g/mol. The van der Waals surface area contributed by atoms with E-state index >= 15 is 0 Å². The molecule has 3 rings (SSSR count). The van der Waals surface area contributed by atoms with E-state index in [9.17, 15) is 4.79 Å². The number of nitrogens with zero attached hydrogens (tertiary/aromatic N) is 1. The fourth-order valence-electron chi connectivity index (χ4n) is 3.07. The first kappa shape index (κ1) is 13.5. The summed E-state index contributed by atoms with van der Waals surface area (Å²) >= 11 is 0.